The number of ether oxygens (including phenoxy) is 2. The summed E-state index contributed by atoms with van der Waals surface area (Å²) in [6.07, 6.45) is 1.56. The van der Waals surface area contributed by atoms with E-state index in [-0.39, 0.29) is 17.5 Å². The summed E-state index contributed by atoms with van der Waals surface area (Å²) in [7, 11) is 2.98. The van der Waals surface area contributed by atoms with Crippen LogP contribution in [0.25, 0.3) is 0 Å². The molecule has 5 heteroatoms. The summed E-state index contributed by atoms with van der Waals surface area (Å²) in [6, 6.07) is 9.55. The molecule has 128 valence electrons. The van der Waals surface area contributed by atoms with Gasteiger partial charge < -0.3 is 19.7 Å². The number of hydrogen-bond donors (Lipinski definition) is 2. The summed E-state index contributed by atoms with van der Waals surface area (Å²) in [4.78, 5) is 0. The zero-order chi connectivity index (χ0) is 17.3. The molecule has 0 radical (unpaired) electrons. The molecule has 2 N–H and O–H groups in total. The van der Waals surface area contributed by atoms with E-state index < -0.39 is 5.60 Å². The van der Waals surface area contributed by atoms with Gasteiger partial charge in [-0.05, 0) is 42.9 Å². The molecule has 0 saturated heterocycles. The van der Waals surface area contributed by atoms with Crippen LogP contribution in [0.1, 0.15) is 36.3 Å². The maximum atomic E-state index is 13.5. The Morgan fingerprint density at radius 1 is 1.17 bits per heavy atom. The van der Waals surface area contributed by atoms with Gasteiger partial charge in [-0.3, -0.25) is 0 Å². The Morgan fingerprint density at radius 2 is 1.96 bits per heavy atom. The first-order valence-corrected chi connectivity index (χ1v) is 7.90. The van der Waals surface area contributed by atoms with Crippen LogP contribution in [0.15, 0.2) is 36.4 Å². The summed E-state index contributed by atoms with van der Waals surface area (Å²) in [5.74, 6) is 0.518. The van der Waals surface area contributed by atoms with Crippen LogP contribution in [0, 0.1) is 5.82 Å². The highest BCUT2D eigenvalue weighted by Crippen LogP contribution is 2.52. The lowest BCUT2D eigenvalue weighted by Gasteiger charge is -2.27. The number of aromatic hydroxyl groups is 1. The van der Waals surface area contributed by atoms with E-state index >= 15 is 0 Å². The Labute approximate surface area is 140 Å². The van der Waals surface area contributed by atoms with Crippen molar-refractivity contribution in [2.75, 3.05) is 14.2 Å². The molecule has 4 nitrogen and oxygen atoms in total. The summed E-state index contributed by atoms with van der Waals surface area (Å²) in [6.45, 7) is 0. The van der Waals surface area contributed by atoms with Crippen LogP contribution >= 0.6 is 0 Å². The highest BCUT2D eigenvalue weighted by atomic mass is 19.1. The summed E-state index contributed by atoms with van der Waals surface area (Å²) < 4.78 is 23.9. The van der Waals surface area contributed by atoms with Crippen molar-refractivity contribution in [1.29, 1.82) is 0 Å². The molecule has 0 unspecified atom stereocenters. The molecular weight excluding hydrogens is 311 g/mol. The van der Waals surface area contributed by atoms with E-state index in [1.54, 1.807) is 12.1 Å². The van der Waals surface area contributed by atoms with Crippen LogP contribution < -0.4 is 9.47 Å². The second kappa shape index (κ2) is 6.32. The van der Waals surface area contributed by atoms with Crippen molar-refractivity contribution in [3.63, 3.8) is 0 Å². The smallest absolute Gasteiger partial charge is 0.132 e. The van der Waals surface area contributed by atoms with Gasteiger partial charge in [0.05, 0.1) is 25.4 Å². The molecule has 2 atom stereocenters. The largest absolute Gasteiger partial charge is 0.507 e. The van der Waals surface area contributed by atoms with Crippen molar-refractivity contribution in [3.05, 3.63) is 53.3 Å². The van der Waals surface area contributed by atoms with Gasteiger partial charge in [0.25, 0.3) is 0 Å². The molecule has 1 fully saturated rings. The van der Waals surface area contributed by atoms with E-state index in [2.05, 4.69) is 0 Å². The summed E-state index contributed by atoms with van der Waals surface area (Å²) in [5, 5.41) is 21.5. The van der Waals surface area contributed by atoms with E-state index in [1.165, 1.54) is 32.4 Å². The molecule has 1 aliphatic rings. The number of halogens is 1. The Bertz CT molecular complexity index is 746. The average molecular weight is 332 g/mol. The minimum Gasteiger partial charge on any atom is -0.507 e. The van der Waals surface area contributed by atoms with Crippen LogP contribution in [0.4, 0.5) is 4.39 Å². The zero-order valence-electron chi connectivity index (χ0n) is 13.8. The molecule has 1 saturated carbocycles. The average Bonchev–Trinajstić information content (AvgIpc) is 2.97. The molecule has 0 amide bonds. The third-order valence-corrected chi connectivity index (χ3v) is 4.79. The highest BCUT2D eigenvalue weighted by Gasteiger charge is 2.43. The molecule has 2 aromatic carbocycles. The minimum atomic E-state index is -1.22. The second-order valence-electron chi connectivity index (χ2n) is 6.25. The lowest BCUT2D eigenvalue weighted by atomic mass is 9.88. The quantitative estimate of drug-likeness (QED) is 0.896. The number of phenolic OH excluding ortho intramolecular Hbond substituents is 1. The van der Waals surface area contributed by atoms with Gasteiger partial charge in [0, 0.05) is 12.1 Å². The van der Waals surface area contributed by atoms with Gasteiger partial charge in [-0.1, -0.05) is 12.1 Å². The van der Waals surface area contributed by atoms with Crippen LogP contribution in [-0.4, -0.2) is 24.4 Å². The zero-order valence-corrected chi connectivity index (χ0v) is 13.8. The Hall–Kier alpha value is -2.27. The molecule has 1 aliphatic carbocycles. The number of benzene rings is 2. The normalized spacial score (nSPS) is 23.2. The first-order chi connectivity index (χ1) is 11.5. The van der Waals surface area contributed by atoms with Gasteiger partial charge in [-0.15, -0.1) is 0 Å². The van der Waals surface area contributed by atoms with Crippen molar-refractivity contribution in [3.8, 4) is 17.2 Å². The predicted molar refractivity (Wildman–Crippen MR) is 88.1 cm³/mol. The molecule has 0 bridgehead atoms. The van der Waals surface area contributed by atoms with Crippen molar-refractivity contribution >= 4 is 0 Å². The lowest BCUT2D eigenvalue weighted by Crippen LogP contribution is -2.23. The van der Waals surface area contributed by atoms with Gasteiger partial charge in [0.1, 0.15) is 23.1 Å². The van der Waals surface area contributed by atoms with Crippen molar-refractivity contribution in [1.82, 2.24) is 0 Å². The van der Waals surface area contributed by atoms with Gasteiger partial charge >= 0.3 is 0 Å². The maximum absolute atomic E-state index is 13.5. The van der Waals surface area contributed by atoms with Crippen LogP contribution in [0.5, 0.6) is 17.2 Å². The van der Waals surface area contributed by atoms with E-state index in [9.17, 15) is 14.6 Å². The maximum Gasteiger partial charge on any atom is 0.132 e. The molecule has 0 aromatic heterocycles. The topological polar surface area (TPSA) is 58.9 Å². The Kier molecular flexibility index (Phi) is 4.37. The van der Waals surface area contributed by atoms with E-state index in [4.69, 9.17) is 9.47 Å². The van der Waals surface area contributed by atoms with Gasteiger partial charge in [-0.2, -0.15) is 0 Å². The predicted octanol–water partition coefficient (Wildman–Crippen LogP) is 3.70. The second-order valence-corrected chi connectivity index (χ2v) is 6.25. The van der Waals surface area contributed by atoms with Crippen LogP contribution in [0.3, 0.4) is 0 Å². The number of rotatable bonds is 4. The van der Waals surface area contributed by atoms with E-state index in [0.717, 1.165) is 5.56 Å². The van der Waals surface area contributed by atoms with Gasteiger partial charge in [-0.25, -0.2) is 4.39 Å². The fourth-order valence-electron chi connectivity index (χ4n) is 3.62. The first kappa shape index (κ1) is 16.6. The van der Waals surface area contributed by atoms with Crippen molar-refractivity contribution in [2.24, 2.45) is 0 Å². The number of phenols is 1. The first-order valence-electron chi connectivity index (χ1n) is 7.90. The number of aliphatic hydroxyl groups is 1. The molecule has 3 rings (SSSR count). The fraction of sp³-hybridized carbons (Fsp3) is 0.368. The molecule has 0 aliphatic heterocycles. The molecule has 0 heterocycles. The van der Waals surface area contributed by atoms with Gasteiger partial charge in [0.2, 0.25) is 0 Å². The van der Waals surface area contributed by atoms with E-state index in [1.807, 2.05) is 6.07 Å². The van der Waals surface area contributed by atoms with Crippen LogP contribution in [-0.2, 0) is 5.60 Å². The minimum absolute atomic E-state index is 0.0249. The molecule has 2 aromatic rings. The summed E-state index contributed by atoms with van der Waals surface area (Å²) >= 11 is 0. The monoisotopic (exact) mass is 332 g/mol. The highest BCUT2D eigenvalue weighted by molar-refractivity contribution is 5.53. The van der Waals surface area contributed by atoms with Crippen molar-refractivity contribution < 1.29 is 24.1 Å². The molecule has 0 spiro atoms. The summed E-state index contributed by atoms with van der Waals surface area (Å²) in [5.41, 5.74) is 0.00110. The number of methoxy groups -OCH3 is 2. The standard InChI is InChI=1S/C19H21FO4/c1-23-15-9-16(21)18(17(10-15)24-2)19(22)7-6-13(11-19)12-4-3-5-14(20)8-12/h3-5,8-10,13,21-22H,6-7,11H2,1-2H3/t13-,19+/m1/s1. The molecule has 24 heavy (non-hydrogen) atoms. The van der Waals surface area contributed by atoms with Gasteiger partial charge in [0.15, 0.2) is 0 Å². The third-order valence-electron chi connectivity index (χ3n) is 4.79. The Balaban J connectivity index is 1.95. The Morgan fingerprint density at radius 3 is 2.62 bits per heavy atom. The third kappa shape index (κ3) is 2.91. The SMILES string of the molecule is COc1cc(O)c([C@]2(O)CC[C@@H](c3cccc(F)c3)C2)c(OC)c1. The molecular formula is C19H21FO4. The number of hydrogen-bond acceptors (Lipinski definition) is 4. The fourth-order valence-corrected chi connectivity index (χ4v) is 3.62. The van der Waals surface area contributed by atoms with Crippen molar-refractivity contribution in [2.45, 2.75) is 30.8 Å². The lowest BCUT2D eigenvalue weighted by molar-refractivity contribution is 0.0378. The van der Waals surface area contributed by atoms with E-state index in [0.29, 0.717) is 36.3 Å². The van der Waals surface area contributed by atoms with Crippen LogP contribution in [0.2, 0.25) is 0 Å².